The molecule has 7 heteroatoms. The van der Waals surface area contributed by atoms with Crippen molar-refractivity contribution in [2.75, 3.05) is 0 Å². The summed E-state index contributed by atoms with van der Waals surface area (Å²) in [6.07, 6.45) is -0.763. The molecule has 0 radical (unpaired) electrons. The largest absolute Gasteiger partial charge is 0.481 e. The number of nitro groups is 1. The number of aliphatic carboxylic acids is 1. The van der Waals surface area contributed by atoms with E-state index in [0.717, 1.165) is 0 Å². The molecule has 0 unspecified atom stereocenters. The number of esters is 1. The van der Waals surface area contributed by atoms with E-state index in [-0.39, 0.29) is 17.9 Å². The second-order valence-corrected chi connectivity index (χ2v) is 3.12. The lowest BCUT2D eigenvalue weighted by atomic mass is 10.2. The molecular weight excluding hydrogens is 230 g/mol. The number of carbonyl (C=O) groups excluding carboxylic acids is 1. The lowest BCUT2D eigenvalue weighted by molar-refractivity contribution is -0.385. The first kappa shape index (κ1) is 12.6. The van der Waals surface area contributed by atoms with Crippen molar-refractivity contribution >= 4 is 17.6 Å². The molecule has 7 nitrogen and oxygen atoms in total. The maximum Gasteiger partial charge on any atom is 0.317 e. The highest BCUT2D eigenvalue weighted by atomic mass is 16.6. The molecule has 1 N–H and O–H groups in total. The van der Waals surface area contributed by atoms with Crippen LogP contribution in [0.3, 0.4) is 0 Å². The summed E-state index contributed by atoms with van der Waals surface area (Å²) in [5, 5.41) is 18.9. The number of hydrogen-bond donors (Lipinski definition) is 1. The van der Waals surface area contributed by atoms with E-state index in [1.165, 1.54) is 18.2 Å². The van der Waals surface area contributed by atoms with E-state index in [9.17, 15) is 19.7 Å². The van der Waals surface area contributed by atoms with Crippen molar-refractivity contribution in [1.29, 1.82) is 0 Å². The van der Waals surface area contributed by atoms with Gasteiger partial charge >= 0.3 is 11.9 Å². The van der Waals surface area contributed by atoms with Gasteiger partial charge < -0.3 is 9.84 Å². The van der Waals surface area contributed by atoms with Gasteiger partial charge in [0, 0.05) is 6.07 Å². The molecule has 0 amide bonds. The summed E-state index contributed by atoms with van der Waals surface area (Å²) < 4.78 is 4.61. The van der Waals surface area contributed by atoms with E-state index < -0.39 is 23.3 Å². The van der Waals surface area contributed by atoms with Crippen molar-refractivity contribution in [1.82, 2.24) is 0 Å². The quantitative estimate of drug-likeness (QED) is 0.357. The van der Waals surface area contributed by atoms with Gasteiger partial charge in [0.05, 0.1) is 10.5 Å². The molecule has 0 aliphatic carbocycles. The van der Waals surface area contributed by atoms with Crippen molar-refractivity contribution in [3.8, 4) is 0 Å². The fourth-order valence-corrected chi connectivity index (χ4v) is 1.14. The maximum atomic E-state index is 10.9. The highest BCUT2D eigenvalue weighted by Crippen LogP contribution is 2.18. The molecule has 17 heavy (non-hydrogen) atoms. The highest BCUT2D eigenvalue weighted by Gasteiger charge is 2.15. The third-order valence-electron chi connectivity index (χ3n) is 1.87. The van der Waals surface area contributed by atoms with Crippen LogP contribution in [-0.2, 0) is 20.9 Å². The number of rotatable bonds is 5. The van der Waals surface area contributed by atoms with Crippen LogP contribution in [0.4, 0.5) is 5.69 Å². The van der Waals surface area contributed by atoms with Gasteiger partial charge in [-0.2, -0.15) is 0 Å². The van der Waals surface area contributed by atoms with Crippen LogP contribution in [0.25, 0.3) is 0 Å². The number of nitro benzene ring substituents is 1. The fraction of sp³-hybridized carbons (Fsp3) is 0.200. The lowest BCUT2D eigenvalue weighted by Gasteiger charge is -2.03. The molecule has 0 aromatic heterocycles. The Bertz CT molecular complexity index is 456. The number of ether oxygens (including phenoxy) is 1. The number of carboxylic acid groups (broad SMARTS) is 1. The fourth-order valence-electron chi connectivity index (χ4n) is 1.14. The molecule has 1 aromatic rings. The first-order valence-corrected chi connectivity index (χ1v) is 4.60. The van der Waals surface area contributed by atoms with Crippen LogP contribution < -0.4 is 0 Å². The molecule has 0 aliphatic rings. The van der Waals surface area contributed by atoms with Gasteiger partial charge in [-0.1, -0.05) is 12.1 Å². The number of nitrogens with zero attached hydrogens (tertiary/aromatic N) is 1. The van der Waals surface area contributed by atoms with Crippen LogP contribution >= 0.6 is 0 Å². The third-order valence-corrected chi connectivity index (χ3v) is 1.87. The number of carbonyl (C=O) groups is 2. The van der Waals surface area contributed by atoms with Crippen molar-refractivity contribution in [3.05, 3.63) is 39.9 Å². The van der Waals surface area contributed by atoms with Gasteiger partial charge in [-0.25, -0.2) is 0 Å². The van der Waals surface area contributed by atoms with Crippen molar-refractivity contribution in [2.45, 2.75) is 13.0 Å². The molecule has 1 aromatic carbocycles. The lowest BCUT2D eigenvalue weighted by Crippen LogP contribution is -2.10. The molecule has 0 heterocycles. The molecule has 0 spiro atoms. The zero-order valence-corrected chi connectivity index (χ0v) is 8.66. The molecule has 0 fully saturated rings. The maximum absolute atomic E-state index is 10.9. The Hall–Kier alpha value is -2.44. The summed E-state index contributed by atoms with van der Waals surface area (Å²) in [4.78, 5) is 31.1. The first-order valence-electron chi connectivity index (χ1n) is 4.60. The van der Waals surface area contributed by atoms with Crippen LogP contribution in [0.1, 0.15) is 12.0 Å². The number of carboxylic acids is 1. The van der Waals surface area contributed by atoms with Crippen molar-refractivity contribution in [2.24, 2.45) is 0 Å². The van der Waals surface area contributed by atoms with Crippen molar-refractivity contribution in [3.63, 3.8) is 0 Å². The Morgan fingerprint density at radius 2 is 2.00 bits per heavy atom. The zero-order chi connectivity index (χ0) is 12.8. The highest BCUT2D eigenvalue weighted by molar-refractivity contribution is 5.90. The van der Waals surface area contributed by atoms with Gasteiger partial charge in [0.25, 0.3) is 5.69 Å². The van der Waals surface area contributed by atoms with E-state index in [0.29, 0.717) is 0 Å². The average Bonchev–Trinajstić information content (AvgIpc) is 2.25. The summed E-state index contributed by atoms with van der Waals surface area (Å²) in [6.45, 7) is -0.316. The number of benzene rings is 1. The minimum absolute atomic E-state index is 0.171. The van der Waals surface area contributed by atoms with Crippen LogP contribution in [0.5, 0.6) is 0 Å². The molecule has 0 saturated carbocycles. The van der Waals surface area contributed by atoms with Crippen LogP contribution in [0, 0.1) is 10.1 Å². The standard InChI is InChI=1S/C10H9NO6/c12-9(13)5-10(14)17-6-7-3-1-2-4-8(7)11(15)16/h1-4H,5-6H2,(H,12,13). The van der Waals surface area contributed by atoms with E-state index in [2.05, 4.69) is 4.74 Å². The minimum Gasteiger partial charge on any atom is -0.481 e. The summed E-state index contributed by atoms with van der Waals surface area (Å²) in [7, 11) is 0. The second kappa shape index (κ2) is 5.59. The van der Waals surface area contributed by atoms with Gasteiger partial charge in [0.1, 0.15) is 13.0 Å². The predicted molar refractivity (Wildman–Crippen MR) is 55.1 cm³/mol. The first-order chi connectivity index (χ1) is 8.00. The molecule has 1 rings (SSSR count). The predicted octanol–water partition coefficient (Wildman–Crippen LogP) is 1.11. The van der Waals surface area contributed by atoms with Gasteiger partial charge in [-0.15, -0.1) is 0 Å². The zero-order valence-electron chi connectivity index (χ0n) is 8.66. The topological polar surface area (TPSA) is 107 Å². The Labute approximate surface area is 95.8 Å². The summed E-state index contributed by atoms with van der Waals surface area (Å²) in [6, 6.07) is 5.76. The number of para-hydroxylation sites is 1. The molecule has 0 aliphatic heterocycles. The van der Waals surface area contributed by atoms with E-state index in [1.807, 2.05) is 0 Å². The SMILES string of the molecule is O=C(O)CC(=O)OCc1ccccc1[N+](=O)[O-]. The van der Waals surface area contributed by atoms with Gasteiger partial charge in [-0.05, 0) is 6.07 Å². The van der Waals surface area contributed by atoms with Gasteiger partial charge in [0.2, 0.25) is 0 Å². The summed E-state index contributed by atoms with van der Waals surface area (Å²) in [5.74, 6) is -2.24. The molecular formula is C10H9NO6. The second-order valence-electron chi connectivity index (χ2n) is 3.12. The van der Waals surface area contributed by atoms with Crippen LogP contribution in [0.15, 0.2) is 24.3 Å². The monoisotopic (exact) mass is 239 g/mol. The molecule has 0 atom stereocenters. The van der Waals surface area contributed by atoms with Crippen molar-refractivity contribution < 1.29 is 24.4 Å². The molecule has 90 valence electrons. The Balaban J connectivity index is 2.66. The summed E-state index contributed by atoms with van der Waals surface area (Å²) >= 11 is 0. The van der Waals surface area contributed by atoms with E-state index in [4.69, 9.17) is 5.11 Å². The number of hydrogen-bond acceptors (Lipinski definition) is 5. The van der Waals surface area contributed by atoms with E-state index >= 15 is 0 Å². The third kappa shape index (κ3) is 3.90. The van der Waals surface area contributed by atoms with E-state index in [1.54, 1.807) is 6.07 Å². The molecule has 0 bridgehead atoms. The van der Waals surface area contributed by atoms with Gasteiger partial charge in [0.15, 0.2) is 0 Å². The van der Waals surface area contributed by atoms with Gasteiger partial charge in [-0.3, -0.25) is 19.7 Å². The molecule has 0 saturated heterocycles. The average molecular weight is 239 g/mol. The smallest absolute Gasteiger partial charge is 0.317 e. The normalized spacial score (nSPS) is 9.65. The Morgan fingerprint density at radius 3 is 2.59 bits per heavy atom. The Morgan fingerprint density at radius 1 is 1.35 bits per heavy atom. The minimum atomic E-state index is -1.31. The summed E-state index contributed by atoms with van der Waals surface area (Å²) in [5.41, 5.74) is 0.0480. The van der Waals surface area contributed by atoms with Crippen LogP contribution in [-0.4, -0.2) is 22.0 Å². The Kier molecular flexibility index (Phi) is 4.15. The van der Waals surface area contributed by atoms with Crippen LogP contribution in [0.2, 0.25) is 0 Å².